The molecule has 0 aromatic carbocycles. The van der Waals surface area contributed by atoms with Gasteiger partial charge in [-0.1, -0.05) is 13.3 Å². The third-order valence-corrected chi connectivity index (χ3v) is 4.40. The van der Waals surface area contributed by atoms with Crippen LogP contribution in [-0.2, 0) is 0 Å². The first-order valence-electron chi connectivity index (χ1n) is 6.72. The van der Waals surface area contributed by atoms with Gasteiger partial charge in [-0.2, -0.15) is 0 Å². The number of rotatable bonds is 4. The fourth-order valence-corrected chi connectivity index (χ4v) is 2.87. The van der Waals surface area contributed by atoms with E-state index in [1.54, 1.807) is 0 Å². The first kappa shape index (κ1) is 11.4. The summed E-state index contributed by atoms with van der Waals surface area (Å²) in [5.41, 5.74) is 0. The van der Waals surface area contributed by atoms with Crippen LogP contribution in [0.4, 0.5) is 0 Å². The van der Waals surface area contributed by atoms with Crippen molar-refractivity contribution in [3.05, 3.63) is 0 Å². The minimum absolute atomic E-state index is 0.925. The molecule has 2 fully saturated rings. The van der Waals surface area contributed by atoms with Gasteiger partial charge in [-0.25, -0.2) is 0 Å². The molecule has 0 spiro atoms. The maximum Gasteiger partial charge on any atom is 0.00923 e. The molecule has 2 nitrogen and oxygen atoms in total. The van der Waals surface area contributed by atoms with E-state index in [0.717, 1.165) is 12.0 Å². The molecular formula is C13H26N2. The summed E-state index contributed by atoms with van der Waals surface area (Å²) >= 11 is 0. The minimum atomic E-state index is 0.925. The molecule has 0 aromatic rings. The van der Waals surface area contributed by atoms with E-state index >= 15 is 0 Å². The van der Waals surface area contributed by atoms with Crippen molar-refractivity contribution < 1.29 is 0 Å². The van der Waals surface area contributed by atoms with E-state index < -0.39 is 0 Å². The Bertz CT molecular complexity index is 181. The van der Waals surface area contributed by atoms with Crippen molar-refractivity contribution >= 4 is 0 Å². The molecule has 88 valence electrons. The Morgan fingerprint density at radius 3 is 2.27 bits per heavy atom. The van der Waals surface area contributed by atoms with Gasteiger partial charge >= 0.3 is 0 Å². The molecule has 0 aromatic heterocycles. The first-order valence-corrected chi connectivity index (χ1v) is 6.72. The lowest BCUT2D eigenvalue weighted by Gasteiger charge is -2.39. The molecule has 0 radical (unpaired) electrons. The summed E-state index contributed by atoms with van der Waals surface area (Å²) in [6, 6.07) is 0.925. The van der Waals surface area contributed by atoms with Crippen LogP contribution in [0.25, 0.3) is 0 Å². The Morgan fingerprint density at radius 2 is 1.80 bits per heavy atom. The van der Waals surface area contributed by atoms with Gasteiger partial charge in [0.05, 0.1) is 0 Å². The first-order chi connectivity index (χ1) is 7.29. The number of hydrogen-bond acceptors (Lipinski definition) is 2. The van der Waals surface area contributed by atoms with Crippen LogP contribution in [0.2, 0.25) is 0 Å². The predicted molar refractivity (Wildman–Crippen MR) is 65.1 cm³/mol. The molecule has 1 heterocycles. The average molecular weight is 210 g/mol. The Morgan fingerprint density at radius 1 is 1.13 bits per heavy atom. The van der Waals surface area contributed by atoms with Gasteiger partial charge in [-0.15, -0.1) is 0 Å². The van der Waals surface area contributed by atoms with Gasteiger partial charge in [0.2, 0.25) is 0 Å². The highest BCUT2D eigenvalue weighted by Gasteiger charge is 2.25. The van der Waals surface area contributed by atoms with Crippen LogP contribution < -0.4 is 0 Å². The van der Waals surface area contributed by atoms with Crippen molar-refractivity contribution in [2.75, 3.05) is 33.2 Å². The average Bonchev–Trinajstić information content (AvgIpc) is 2.16. The van der Waals surface area contributed by atoms with Crippen LogP contribution in [0.5, 0.6) is 0 Å². The van der Waals surface area contributed by atoms with Crippen LogP contribution in [0.15, 0.2) is 0 Å². The Kier molecular flexibility index (Phi) is 4.04. The molecule has 2 heteroatoms. The molecule has 0 unspecified atom stereocenters. The third kappa shape index (κ3) is 2.94. The molecule has 0 bridgehead atoms. The molecule has 2 rings (SSSR count). The van der Waals surface area contributed by atoms with Crippen molar-refractivity contribution in [3.8, 4) is 0 Å². The van der Waals surface area contributed by atoms with E-state index in [4.69, 9.17) is 0 Å². The maximum atomic E-state index is 2.62. The second kappa shape index (κ2) is 5.31. The van der Waals surface area contributed by atoms with Gasteiger partial charge in [0.15, 0.2) is 0 Å². The Balaban J connectivity index is 1.67. The predicted octanol–water partition coefficient (Wildman–Crippen LogP) is 2.20. The standard InChI is InChI=1S/C13H26N2/c1-3-15-9-7-12(8-10-15)11-14(2)13-5-4-6-13/h12-13H,3-11H2,1-2H3. The summed E-state index contributed by atoms with van der Waals surface area (Å²) < 4.78 is 0. The van der Waals surface area contributed by atoms with E-state index in [2.05, 4.69) is 23.8 Å². The summed E-state index contributed by atoms with van der Waals surface area (Å²) in [5.74, 6) is 0.971. The number of nitrogens with zero attached hydrogens (tertiary/aromatic N) is 2. The normalized spacial score (nSPS) is 25.8. The van der Waals surface area contributed by atoms with E-state index in [1.807, 2.05) is 0 Å². The lowest BCUT2D eigenvalue weighted by atomic mass is 9.89. The zero-order valence-electron chi connectivity index (χ0n) is 10.4. The van der Waals surface area contributed by atoms with Gasteiger partial charge in [-0.3, -0.25) is 0 Å². The van der Waals surface area contributed by atoms with Gasteiger partial charge in [0, 0.05) is 12.6 Å². The highest BCUT2D eigenvalue weighted by atomic mass is 15.2. The zero-order valence-corrected chi connectivity index (χ0v) is 10.4. The van der Waals surface area contributed by atoms with Crippen molar-refractivity contribution in [2.45, 2.75) is 45.1 Å². The second-order valence-electron chi connectivity index (χ2n) is 5.40. The smallest absolute Gasteiger partial charge is 0.00923 e. The molecule has 0 atom stereocenters. The van der Waals surface area contributed by atoms with Crippen LogP contribution in [0.1, 0.15) is 39.0 Å². The van der Waals surface area contributed by atoms with E-state index in [0.29, 0.717) is 0 Å². The lowest BCUT2D eigenvalue weighted by Crippen LogP contribution is -2.43. The van der Waals surface area contributed by atoms with Crippen LogP contribution in [0, 0.1) is 5.92 Å². The molecule has 1 saturated carbocycles. The third-order valence-electron chi connectivity index (χ3n) is 4.40. The van der Waals surface area contributed by atoms with E-state index in [-0.39, 0.29) is 0 Å². The molecule has 1 saturated heterocycles. The van der Waals surface area contributed by atoms with Crippen LogP contribution in [0.3, 0.4) is 0 Å². The SMILES string of the molecule is CCN1CCC(CN(C)C2CCC2)CC1. The highest BCUT2D eigenvalue weighted by Crippen LogP contribution is 2.26. The summed E-state index contributed by atoms with van der Waals surface area (Å²) in [7, 11) is 2.33. The molecule has 0 N–H and O–H groups in total. The van der Waals surface area contributed by atoms with Crippen molar-refractivity contribution in [1.82, 2.24) is 9.80 Å². The summed E-state index contributed by atoms with van der Waals surface area (Å²) in [6.07, 6.45) is 7.20. The fraction of sp³-hybridized carbons (Fsp3) is 1.00. The number of piperidine rings is 1. The van der Waals surface area contributed by atoms with Gasteiger partial charge in [-0.05, 0) is 58.3 Å². The fourth-order valence-electron chi connectivity index (χ4n) is 2.87. The monoisotopic (exact) mass is 210 g/mol. The molecular weight excluding hydrogens is 184 g/mol. The second-order valence-corrected chi connectivity index (χ2v) is 5.40. The number of likely N-dealkylation sites (tertiary alicyclic amines) is 1. The Hall–Kier alpha value is -0.0800. The summed E-state index contributed by atoms with van der Waals surface area (Å²) in [4.78, 5) is 5.20. The largest absolute Gasteiger partial charge is 0.304 e. The highest BCUT2D eigenvalue weighted by molar-refractivity contribution is 4.81. The molecule has 2 aliphatic rings. The van der Waals surface area contributed by atoms with E-state index in [9.17, 15) is 0 Å². The van der Waals surface area contributed by atoms with Gasteiger partial charge in [0.1, 0.15) is 0 Å². The maximum absolute atomic E-state index is 2.62. The van der Waals surface area contributed by atoms with Crippen LogP contribution in [-0.4, -0.2) is 49.1 Å². The molecule has 1 aliphatic heterocycles. The van der Waals surface area contributed by atoms with Crippen molar-refractivity contribution in [1.29, 1.82) is 0 Å². The topological polar surface area (TPSA) is 6.48 Å². The summed E-state index contributed by atoms with van der Waals surface area (Å²) in [5, 5.41) is 0. The lowest BCUT2D eigenvalue weighted by molar-refractivity contribution is 0.106. The van der Waals surface area contributed by atoms with Crippen molar-refractivity contribution in [3.63, 3.8) is 0 Å². The minimum Gasteiger partial charge on any atom is -0.304 e. The molecule has 0 amide bonds. The van der Waals surface area contributed by atoms with Crippen molar-refractivity contribution in [2.24, 2.45) is 5.92 Å². The van der Waals surface area contributed by atoms with Gasteiger partial charge < -0.3 is 9.80 Å². The number of hydrogen-bond donors (Lipinski definition) is 0. The molecule has 15 heavy (non-hydrogen) atoms. The summed E-state index contributed by atoms with van der Waals surface area (Å²) in [6.45, 7) is 7.54. The van der Waals surface area contributed by atoms with Crippen LogP contribution >= 0.6 is 0 Å². The van der Waals surface area contributed by atoms with Gasteiger partial charge in [0.25, 0.3) is 0 Å². The van der Waals surface area contributed by atoms with E-state index in [1.165, 1.54) is 58.3 Å². The molecule has 1 aliphatic carbocycles. The quantitative estimate of drug-likeness (QED) is 0.702. The Labute approximate surface area is 94.6 Å². The zero-order chi connectivity index (χ0) is 10.7.